The van der Waals surface area contributed by atoms with Crippen molar-refractivity contribution in [2.75, 3.05) is 0 Å². The van der Waals surface area contributed by atoms with E-state index in [-0.39, 0.29) is 5.75 Å². The molecular formula is C11H9O2S2-. The van der Waals surface area contributed by atoms with Crippen LogP contribution < -0.4 is 0 Å². The maximum atomic E-state index is 10.6. The molecule has 0 saturated carbocycles. The Kier molecular flexibility index (Phi) is 3.30. The molecule has 0 saturated heterocycles. The van der Waals surface area contributed by atoms with Gasteiger partial charge in [-0.1, -0.05) is 35.3 Å². The van der Waals surface area contributed by atoms with Crippen molar-refractivity contribution in [2.45, 2.75) is 5.75 Å². The third-order valence-electron chi connectivity index (χ3n) is 2.02. The third-order valence-corrected chi connectivity index (χ3v) is 3.51. The fourth-order valence-corrected chi connectivity index (χ4v) is 2.57. The highest BCUT2D eigenvalue weighted by Crippen LogP contribution is 2.25. The molecule has 1 aromatic carbocycles. The van der Waals surface area contributed by atoms with Gasteiger partial charge in [-0.2, -0.15) is 0 Å². The molecule has 1 atom stereocenters. The van der Waals surface area contributed by atoms with Crippen LogP contribution in [0.15, 0.2) is 41.8 Å². The largest absolute Gasteiger partial charge is 0.772 e. The van der Waals surface area contributed by atoms with E-state index in [9.17, 15) is 8.76 Å². The van der Waals surface area contributed by atoms with Gasteiger partial charge in [0.05, 0.1) is 0 Å². The van der Waals surface area contributed by atoms with Gasteiger partial charge in [-0.15, -0.1) is 11.3 Å². The molecule has 0 radical (unpaired) electrons. The van der Waals surface area contributed by atoms with Gasteiger partial charge in [0.25, 0.3) is 0 Å². The molecule has 2 nitrogen and oxygen atoms in total. The van der Waals surface area contributed by atoms with Gasteiger partial charge in [-0.05, 0) is 28.6 Å². The number of benzene rings is 1. The van der Waals surface area contributed by atoms with Crippen molar-refractivity contribution >= 4 is 22.4 Å². The average molecular weight is 237 g/mol. The van der Waals surface area contributed by atoms with E-state index in [0.717, 1.165) is 16.0 Å². The van der Waals surface area contributed by atoms with Crippen LogP contribution in [0.4, 0.5) is 0 Å². The van der Waals surface area contributed by atoms with Gasteiger partial charge in [0.2, 0.25) is 0 Å². The van der Waals surface area contributed by atoms with E-state index in [1.165, 1.54) is 0 Å². The molecule has 1 heterocycles. The summed E-state index contributed by atoms with van der Waals surface area (Å²) in [4.78, 5) is 1.16. The summed E-state index contributed by atoms with van der Waals surface area (Å²) in [5.41, 5.74) is 1.90. The Balaban J connectivity index is 2.31. The second-order valence-electron chi connectivity index (χ2n) is 3.13. The first kappa shape index (κ1) is 10.5. The van der Waals surface area contributed by atoms with Gasteiger partial charge < -0.3 is 4.55 Å². The molecule has 0 amide bonds. The van der Waals surface area contributed by atoms with Gasteiger partial charge in [0.15, 0.2) is 0 Å². The standard InChI is InChI=1S/C11H10O2S2/c12-15(13)8-9-3-1-4-10(7-9)11-5-2-6-14-11/h1-7H,8H2,(H,12,13)/p-1. The number of hydrogen-bond donors (Lipinski definition) is 0. The molecule has 2 rings (SSSR count). The van der Waals surface area contributed by atoms with Gasteiger partial charge in [-0.25, -0.2) is 0 Å². The molecule has 0 fully saturated rings. The van der Waals surface area contributed by atoms with Crippen LogP contribution in [0.3, 0.4) is 0 Å². The Morgan fingerprint density at radius 1 is 1.27 bits per heavy atom. The highest BCUT2D eigenvalue weighted by atomic mass is 32.2. The maximum Gasteiger partial charge on any atom is 0.0353 e. The van der Waals surface area contributed by atoms with Crippen LogP contribution in [0.25, 0.3) is 10.4 Å². The molecule has 1 unspecified atom stereocenters. The lowest BCUT2D eigenvalue weighted by atomic mass is 10.1. The molecule has 0 aliphatic rings. The summed E-state index contributed by atoms with van der Waals surface area (Å²) in [6, 6.07) is 11.6. The van der Waals surface area contributed by atoms with E-state index < -0.39 is 11.1 Å². The Morgan fingerprint density at radius 2 is 2.13 bits per heavy atom. The Hall–Kier alpha value is -0.970. The van der Waals surface area contributed by atoms with Crippen LogP contribution in [0.2, 0.25) is 0 Å². The van der Waals surface area contributed by atoms with Crippen molar-refractivity contribution in [3.8, 4) is 10.4 Å². The van der Waals surface area contributed by atoms with Gasteiger partial charge in [0.1, 0.15) is 0 Å². The summed E-state index contributed by atoms with van der Waals surface area (Å²) in [7, 11) is 0. The van der Waals surface area contributed by atoms with E-state index in [1.807, 2.05) is 41.8 Å². The monoisotopic (exact) mass is 237 g/mol. The lowest BCUT2D eigenvalue weighted by Crippen LogP contribution is -1.92. The zero-order valence-corrected chi connectivity index (χ0v) is 9.51. The molecule has 15 heavy (non-hydrogen) atoms. The fraction of sp³-hybridized carbons (Fsp3) is 0.0909. The highest BCUT2D eigenvalue weighted by Gasteiger charge is 1.99. The number of hydrogen-bond acceptors (Lipinski definition) is 3. The molecular weight excluding hydrogens is 228 g/mol. The van der Waals surface area contributed by atoms with Crippen LogP contribution in [-0.4, -0.2) is 8.76 Å². The second-order valence-corrected chi connectivity index (χ2v) is 4.97. The Morgan fingerprint density at radius 3 is 2.80 bits per heavy atom. The first-order valence-electron chi connectivity index (χ1n) is 4.44. The highest BCUT2D eigenvalue weighted by molar-refractivity contribution is 7.78. The minimum Gasteiger partial charge on any atom is -0.772 e. The van der Waals surface area contributed by atoms with Crippen LogP contribution in [-0.2, 0) is 16.8 Å². The van der Waals surface area contributed by atoms with Crippen LogP contribution in [0.1, 0.15) is 5.56 Å². The van der Waals surface area contributed by atoms with Crippen molar-refractivity contribution < 1.29 is 8.76 Å². The zero-order chi connectivity index (χ0) is 10.7. The maximum absolute atomic E-state index is 10.6. The summed E-state index contributed by atoms with van der Waals surface area (Å²) in [5.74, 6) is 0.0826. The Bertz CT molecular complexity index is 463. The van der Waals surface area contributed by atoms with Crippen molar-refractivity contribution in [3.05, 3.63) is 47.3 Å². The SMILES string of the molecule is O=S([O-])Cc1cccc(-c2cccs2)c1. The van der Waals surface area contributed by atoms with Crippen molar-refractivity contribution in [3.63, 3.8) is 0 Å². The minimum atomic E-state index is -2.02. The topological polar surface area (TPSA) is 40.1 Å². The third kappa shape index (κ3) is 2.75. The van der Waals surface area contributed by atoms with Crippen molar-refractivity contribution in [1.29, 1.82) is 0 Å². The summed E-state index contributed by atoms with van der Waals surface area (Å²) in [6.07, 6.45) is 0. The molecule has 0 aliphatic heterocycles. The van der Waals surface area contributed by atoms with E-state index in [1.54, 1.807) is 11.3 Å². The molecule has 4 heteroatoms. The smallest absolute Gasteiger partial charge is 0.0353 e. The predicted octanol–water partition coefficient (Wildman–Crippen LogP) is 2.79. The molecule has 1 aromatic heterocycles. The molecule has 0 N–H and O–H groups in total. The van der Waals surface area contributed by atoms with Gasteiger partial charge >= 0.3 is 0 Å². The predicted molar refractivity (Wildman–Crippen MR) is 62.4 cm³/mol. The average Bonchev–Trinajstić information content (AvgIpc) is 2.69. The summed E-state index contributed by atoms with van der Waals surface area (Å²) in [5, 5.41) is 2.01. The molecule has 0 bridgehead atoms. The first-order chi connectivity index (χ1) is 7.25. The number of thiophene rings is 1. The van der Waals surface area contributed by atoms with Gasteiger partial charge in [0, 0.05) is 10.6 Å². The Labute approximate surface area is 94.9 Å². The summed E-state index contributed by atoms with van der Waals surface area (Å²) >= 11 is -0.369. The summed E-state index contributed by atoms with van der Waals surface area (Å²) < 4.78 is 21.1. The van der Waals surface area contributed by atoms with E-state index in [4.69, 9.17) is 0 Å². The number of rotatable bonds is 3. The van der Waals surface area contributed by atoms with Gasteiger partial charge in [-0.3, -0.25) is 4.21 Å². The molecule has 2 aromatic rings. The van der Waals surface area contributed by atoms with E-state index in [0.29, 0.717) is 0 Å². The van der Waals surface area contributed by atoms with E-state index >= 15 is 0 Å². The lowest BCUT2D eigenvalue weighted by molar-refractivity contribution is 0.536. The van der Waals surface area contributed by atoms with Crippen molar-refractivity contribution in [1.82, 2.24) is 0 Å². The fourth-order valence-electron chi connectivity index (χ4n) is 1.39. The molecule has 0 spiro atoms. The second kappa shape index (κ2) is 4.70. The zero-order valence-electron chi connectivity index (χ0n) is 7.88. The van der Waals surface area contributed by atoms with Crippen LogP contribution in [0.5, 0.6) is 0 Å². The quantitative estimate of drug-likeness (QED) is 0.770. The minimum absolute atomic E-state index is 0.0826. The van der Waals surface area contributed by atoms with Crippen LogP contribution >= 0.6 is 11.3 Å². The molecule has 0 aliphatic carbocycles. The van der Waals surface area contributed by atoms with Crippen LogP contribution in [0, 0.1) is 0 Å². The normalized spacial score (nSPS) is 12.6. The lowest BCUT2D eigenvalue weighted by Gasteiger charge is -2.06. The van der Waals surface area contributed by atoms with E-state index in [2.05, 4.69) is 0 Å². The van der Waals surface area contributed by atoms with Crippen molar-refractivity contribution in [2.24, 2.45) is 0 Å². The molecule has 78 valence electrons. The first-order valence-corrected chi connectivity index (χ1v) is 6.57. The summed E-state index contributed by atoms with van der Waals surface area (Å²) in [6.45, 7) is 0.